The molecular formula is C21H13Cl2NO5S2. The summed E-state index contributed by atoms with van der Waals surface area (Å²) in [4.78, 5) is 24.0. The summed E-state index contributed by atoms with van der Waals surface area (Å²) in [5.41, 5.74) is 0.993. The van der Waals surface area contributed by atoms with Crippen molar-refractivity contribution in [3.63, 3.8) is 0 Å². The Labute approximate surface area is 191 Å². The predicted octanol–water partition coefficient (Wildman–Crippen LogP) is 5.13. The lowest BCUT2D eigenvalue weighted by Gasteiger charge is -2.23. The van der Waals surface area contributed by atoms with Crippen LogP contribution < -0.4 is 9.24 Å². The fourth-order valence-corrected chi connectivity index (χ4v) is 5.88. The third kappa shape index (κ3) is 4.38. The maximum absolute atomic E-state index is 13.6. The molecule has 3 aromatic carbocycles. The second-order valence-electron chi connectivity index (χ2n) is 6.49. The zero-order chi connectivity index (χ0) is 22.2. The average Bonchev–Trinajstić information content (AvgIpc) is 3.09. The summed E-state index contributed by atoms with van der Waals surface area (Å²) in [5.74, 6) is -0.697. The summed E-state index contributed by atoms with van der Waals surface area (Å²) in [6.45, 7) is 0. The molecule has 4 rings (SSSR count). The number of hydrogen-bond acceptors (Lipinski definition) is 6. The highest BCUT2D eigenvalue weighted by Crippen LogP contribution is 2.33. The van der Waals surface area contributed by atoms with E-state index in [4.69, 9.17) is 27.6 Å². The molecule has 0 radical (unpaired) electrons. The van der Waals surface area contributed by atoms with Gasteiger partial charge in [-0.1, -0.05) is 64.9 Å². The molecule has 0 saturated carbocycles. The van der Waals surface area contributed by atoms with Gasteiger partial charge in [-0.25, -0.2) is 17.5 Å². The highest BCUT2D eigenvalue weighted by Gasteiger charge is 2.33. The van der Waals surface area contributed by atoms with Crippen molar-refractivity contribution >= 4 is 66.4 Å². The van der Waals surface area contributed by atoms with Crippen molar-refractivity contribution < 1.29 is 17.6 Å². The van der Waals surface area contributed by atoms with Crippen LogP contribution in [-0.4, -0.2) is 14.3 Å². The molecule has 0 fully saturated rings. The molecule has 0 N–H and O–H groups in total. The number of carbonyl (C=O) groups excluding carboxylic acids is 1. The van der Waals surface area contributed by atoms with Crippen molar-refractivity contribution in [2.45, 2.75) is 11.3 Å². The average molecular weight is 494 g/mol. The lowest BCUT2D eigenvalue weighted by atomic mass is 10.1. The zero-order valence-electron chi connectivity index (χ0n) is 15.6. The minimum Gasteiger partial charge on any atom is -0.414 e. The second-order valence-corrected chi connectivity index (χ2v) is 10.1. The number of rotatable bonds is 5. The molecular weight excluding hydrogens is 481 g/mol. The summed E-state index contributed by atoms with van der Waals surface area (Å²) >= 11 is 12.9. The largest absolute Gasteiger partial charge is 0.414 e. The molecule has 0 saturated heterocycles. The summed E-state index contributed by atoms with van der Waals surface area (Å²) < 4.78 is 33.2. The van der Waals surface area contributed by atoms with E-state index in [9.17, 15) is 18.0 Å². The molecule has 0 aliphatic heterocycles. The highest BCUT2D eigenvalue weighted by atomic mass is 35.5. The Hall–Kier alpha value is -2.65. The van der Waals surface area contributed by atoms with E-state index in [1.807, 2.05) is 0 Å². The predicted molar refractivity (Wildman–Crippen MR) is 122 cm³/mol. The zero-order valence-corrected chi connectivity index (χ0v) is 18.8. The van der Waals surface area contributed by atoms with Crippen LogP contribution in [0.25, 0.3) is 10.3 Å². The maximum Gasteiger partial charge on any atom is 0.396 e. The van der Waals surface area contributed by atoms with Crippen molar-refractivity contribution in [3.05, 3.63) is 92.1 Å². The third-order valence-electron chi connectivity index (χ3n) is 4.38. The van der Waals surface area contributed by atoms with Gasteiger partial charge in [0.1, 0.15) is 10.5 Å². The highest BCUT2D eigenvalue weighted by molar-refractivity contribution is 7.93. The Morgan fingerprint density at radius 1 is 1.00 bits per heavy atom. The van der Waals surface area contributed by atoms with Gasteiger partial charge in [0.2, 0.25) is 5.91 Å². The van der Waals surface area contributed by atoms with Crippen LogP contribution in [0.4, 0.5) is 5.69 Å². The topological polar surface area (TPSA) is 84.7 Å². The first-order chi connectivity index (χ1) is 14.8. The number of fused-ring (bicyclic) bond motifs is 1. The quantitative estimate of drug-likeness (QED) is 0.384. The van der Waals surface area contributed by atoms with Crippen LogP contribution in [0.5, 0.6) is 0 Å². The lowest BCUT2D eigenvalue weighted by Crippen LogP contribution is -2.38. The van der Waals surface area contributed by atoms with E-state index >= 15 is 0 Å². The lowest BCUT2D eigenvalue weighted by molar-refractivity contribution is -0.116. The van der Waals surface area contributed by atoms with E-state index in [1.165, 1.54) is 36.4 Å². The number of anilines is 1. The minimum atomic E-state index is -4.43. The van der Waals surface area contributed by atoms with Gasteiger partial charge in [0.25, 0.3) is 10.0 Å². The van der Waals surface area contributed by atoms with Crippen molar-refractivity contribution in [2.75, 3.05) is 4.31 Å². The maximum atomic E-state index is 13.6. The van der Waals surface area contributed by atoms with Gasteiger partial charge in [0.15, 0.2) is 0 Å². The first-order valence-corrected chi connectivity index (χ1v) is 11.9. The van der Waals surface area contributed by atoms with Crippen LogP contribution in [-0.2, 0) is 21.2 Å². The molecule has 0 aliphatic carbocycles. The normalized spacial score (nSPS) is 11.5. The number of amides is 1. The molecule has 158 valence electrons. The van der Waals surface area contributed by atoms with E-state index in [0.717, 1.165) is 11.3 Å². The molecule has 4 aromatic rings. The fourth-order valence-electron chi connectivity index (χ4n) is 3.02. The van der Waals surface area contributed by atoms with Crippen molar-refractivity contribution in [1.82, 2.24) is 0 Å². The van der Waals surface area contributed by atoms with Crippen LogP contribution in [0.1, 0.15) is 5.56 Å². The van der Waals surface area contributed by atoms with Gasteiger partial charge < -0.3 is 4.42 Å². The van der Waals surface area contributed by atoms with Crippen molar-refractivity contribution in [1.29, 1.82) is 0 Å². The first-order valence-electron chi connectivity index (χ1n) is 8.86. The molecule has 10 heteroatoms. The Morgan fingerprint density at radius 3 is 2.48 bits per heavy atom. The molecule has 0 spiro atoms. The number of benzene rings is 3. The van der Waals surface area contributed by atoms with Gasteiger partial charge in [-0.2, -0.15) is 0 Å². The monoisotopic (exact) mass is 493 g/mol. The van der Waals surface area contributed by atoms with E-state index in [0.29, 0.717) is 20.2 Å². The molecule has 1 amide bonds. The Morgan fingerprint density at radius 2 is 1.74 bits per heavy atom. The Bertz CT molecular complexity index is 1450. The molecule has 31 heavy (non-hydrogen) atoms. The summed E-state index contributed by atoms with van der Waals surface area (Å²) in [5, 5.41) is 0.0814. The Kier molecular flexibility index (Phi) is 5.90. The molecule has 0 unspecified atom stereocenters. The van der Waals surface area contributed by atoms with Crippen molar-refractivity contribution in [3.8, 4) is 0 Å². The number of hydrogen-bond donors (Lipinski definition) is 0. The molecule has 1 aromatic heterocycles. The van der Waals surface area contributed by atoms with Gasteiger partial charge in [-0.05, 0) is 42.0 Å². The van der Waals surface area contributed by atoms with E-state index < -0.39 is 20.9 Å². The summed E-state index contributed by atoms with van der Waals surface area (Å²) in [6.07, 6.45) is -0.169. The van der Waals surface area contributed by atoms with E-state index in [-0.39, 0.29) is 27.0 Å². The van der Waals surface area contributed by atoms with Gasteiger partial charge >= 0.3 is 4.94 Å². The summed E-state index contributed by atoms with van der Waals surface area (Å²) in [6, 6.07) is 17.0. The third-order valence-corrected chi connectivity index (χ3v) is 7.64. The number of halogens is 2. The van der Waals surface area contributed by atoms with Gasteiger partial charge in [0.05, 0.1) is 21.8 Å². The van der Waals surface area contributed by atoms with Crippen LogP contribution in [0.3, 0.4) is 0 Å². The molecule has 6 nitrogen and oxygen atoms in total. The van der Waals surface area contributed by atoms with Gasteiger partial charge in [0, 0.05) is 5.02 Å². The fraction of sp³-hybridized carbons (Fsp3) is 0.0476. The number of nitrogens with zero attached hydrogens (tertiary/aromatic N) is 1. The minimum absolute atomic E-state index is 0.0570. The number of carbonyl (C=O) groups is 1. The van der Waals surface area contributed by atoms with Gasteiger partial charge in [-0.3, -0.25) is 4.79 Å². The Balaban J connectivity index is 1.88. The van der Waals surface area contributed by atoms with Crippen LogP contribution in [0, 0.1) is 0 Å². The smallest absolute Gasteiger partial charge is 0.396 e. The van der Waals surface area contributed by atoms with Crippen LogP contribution in [0.15, 0.2) is 80.8 Å². The standard InChI is InChI=1S/C21H13Cl2NO5S2/c22-14-6-8-16(23)19(11-14)31(27,28)24(20(25)10-13-4-2-1-3-5-13)15-7-9-17-18(12-15)30-21(26)29-17/h1-9,11-12H,10H2. The van der Waals surface area contributed by atoms with Gasteiger partial charge in [-0.15, -0.1) is 0 Å². The first kappa shape index (κ1) is 21.6. The van der Waals surface area contributed by atoms with E-state index in [1.54, 1.807) is 30.3 Å². The SMILES string of the molecule is O=C(Cc1ccccc1)N(c1ccc2oc(=O)sc2c1)S(=O)(=O)c1cc(Cl)ccc1Cl. The second kappa shape index (κ2) is 8.47. The molecule has 0 aliphatic rings. The van der Waals surface area contributed by atoms with Crippen LogP contribution in [0.2, 0.25) is 10.0 Å². The molecule has 1 heterocycles. The summed E-state index contributed by atoms with van der Waals surface area (Å²) in [7, 11) is -4.43. The van der Waals surface area contributed by atoms with E-state index in [2.05, 4.69) is 0 Å². The number of sulfonamides is 1. The molecule has 0 atom stereocenters. The molecule has 0 bridgehead atoms. The van der Waals surface area contributed by atoms with Crippen molar-refractivity contribution in [2.24, 2.45) is 0 Å². The van der Waals surface area contributed by atoms with Crippen LogP contribution >= 0.6 is 34.5 Å².